The number of rotatable bonds is 12. The van der Waals surface area contributed by atoms with Crippen LogP contribution in [0.5, 0.6) is 5.75 Å². The molecule has 1 atom stereocenters. The maximum atomic E-state index is 13.1. The number of ketones is 1. The monoisotopic (exact) mass is 563 g/mol. The molecule has 5 aromatic rings. The van der Waals surface area contributed by atoms with E-state index in [-0.39, 0.29) is 12.2 Å². The number of pyridine rings is 1. The molecule has 0 fully saturated rings. The fraction of sp³-hybridized carbons (Fsp3) is 0.152. The van der Waals surface area contributed by atoms with E-state index in [0.717, 1.165) is 26.7 Å². The standard InChI is InChI=1S/C33H29N3O4S/c1-22-28(36-32(41-22)25-15-18-34-19-16-25)17-20-40-26-13-11-23(12-14-26)21-30(33(38)39)35-29-10-6-5-9-27(29)31(37)24-7-3-2-4-8-24/h2-16,18-19,30,35H,17,20-21H2,1H3,(H,38,39)/t30-/m0/s1. The van der Waals surface area contributed by atoms with Crippen molar-refractivity contribution in [2.24, 2.45) is 0 Å². The number of carbonyl (C=O) groups excluding carboxylic acids is 1. The summed E-state index contributed by atoms with van der Waals surface area (Å²) in [5.74, 6) is -0.465. The van der Waals surface area contributed by atoms with Crippen LogP contribution in [0.15, 0.2) is 103 Å². The van der Waals surface area contributed by atoms with Crippen LogP contribution in [0.3, 0.4) is 0 Å². The van der Waals surface area contributed by atoms with Crippen molar-refractivity contribution in [1.29, 1.82) is 0 Å². The third kappa shape index (κ3) is 7.04. The highest BCUT2D eigenvalue weighted by Gasteiger charge is 2.21. The summed E-state index contributed by atoms with van der Waals surface area (Å²) >= 11 is 1.66. The first-order valence-electron chi connectivity index (χ1n) is 13.2. The van der Waals surface area contributed by atoms with E-state index in [1.165, 1.54) is 0 Å². The zero-order chi connectivity index (χ0) is 28.6. The van der Waals surface area contributed by atoms with Crippen molar-refractivity contribution in [1.82, 2.24) is 9.97 Å². The van der Waals surface area contributed by atoms with Gasteiger partial charge in [0.15, 0.2) is 5.78 Å². The lowest BCUT2D eigenvalue weighted by molar-refractivity contribution is -0.137. The predicted octanol–water partition coefficient (Wildman–Crippen LogP) is 6.47. The molecule has 206 valence electrons. The van der Waals surface area contributed by atoms with Gasteiger partial charge in [-0.2, -0.15) is 0 Å². The van der Waals surface area contributed by atoms with Crippen LogP contribution in [0.2, 0.25) is 0 Å². The Hall–Kier alpha value is -4.82. The van der Waals surface area contributed by atoms with E-state index in [9.17, 15) is 14.7 Å². The van der Waals surface area contributed by atoms with Crippen LogP contribution in [0.4, 0.5) is 5.69 Å². The molecule has 41 heavy (non-hydrogen) atoms. The highest BCUT2D eigenvalue weighted by Crippen LogP contribution is 2.27. The Kier molecular flexibility index (Phi) is 8.81. The number of benzene rings is 3. The second-order valence-corrected chi connectivity index (χ2v) is 10.7. The van der Waals surface area contributed by atoms with Crippen molar-refractivity contribution >= 4 is 28.8 Å². The SMILES string of the molecule is Cc1sc(-c2ccncc2)nc1CCOc1ccc(C[C@H](Nc2ccccc2C(=O)c2ccccc2)C(=O)O)cc1. The van der Waals surface area contributed by atoms with E-state index in [0.29, 0.717) is 35.6 Å². The van der Waals surface area contributed by atoms with Crippen LogP contribution >= 0.6 is 11.3 Å². The smallest absolute Gasteiger partial charge is 0.326 e. The van der Waals surface area contributed by atoms with Crippen LogP contribution in [0, 0.1) is 6.92 Å². The van der Waals surface area contributed by atoms with Gasteiger partial charge in [-0.15, -0.1) is 11.3 Å². The highest BCUT2D eigenvalue weighted by molar-refractivity contribution is 7.15. The fourth-order valence-electron chi connectivity index (χ4n) is 4.44. The Balaban J connectivity index is 1.19. The predicted molar refractivity (Wildman–Crippen MR) is 161 cm³/mol. The van der Waals surface area contributed by atoms with E-state index >= 15 is 0 Å². The molecule has 0 saturated heterocycles. The molecule has 0 aliphatic carbocycles. The van der Waals surface area contributed by atoms with Crippen LogP contribution in [0.1, 0.15) is 32.1 Å². The Morgan fingerprint density at radius 2 is 1.63 bits per heavy atom. The summed E-state index contributed by atoms with van der Waals surface area (Å²) in [7, 11) is 0. The lowest BCUT2D eigenvalue weighted by atomic mass is 10.00. The van der Waals surface area contributed by atoms with Crippen LogP contribution in [-0.4, -0.2) is 39.5 Å². The zero-order valence-electron chi connectivity index (χ0n) is 22.5. The number of carboxylic acid groups (broad SMARTS) is 1. The molecule has 7 nitrogen and oxygen atoms in total. The summed E-state index contributed by atoms with van der Waals surface area (Å²) in [6.45, 7) is 2.54. The number of aliphatic carboxylic acids is 1. The molecule has 0 amide bonds. The molecule has 0 radical (unpaired) electrons. The number of para-hydroxylation sites is 1. The van der Waals surface area contributed by atoms with Gasteiger partial charge in [0.2, 0.25) is 0 Å². The van der Waals surface area contributed by atoms with Crippen LogP contribution < -0.4 is 10.1 Å². The maximum absolute atomic E-state index is 13.1. The number of aromatic nitrogens is 2. The van der Waals surface area contributed by atoms with E-state index in [2.05, 4.69) is 17.2 Å². The van der Waals surface area contributed by atoms with E-state index in [1.807, 2.05) is 42.5 Å². The lowest BCUT2D eigenvalue weighted by Crippen LogP contribution is -2.32. The Morgan fingerprint density at radius 1 is 0.927 bits per heavy atom. The van der Waals surface area contributed by atoms with Gasteiger partial charge in [0.1, 0.15) is 16.8 Å². The quantitative estimate of drug-likeness (QED) is 0.168. The number of carboxylic acids is 1. The first kappa shape index (κ1) is 27.7. The zero-order valence-corrected chi connectivity index (χ0v) is 23.3. The topological polar surface area (TPSA) is 101 Å². The molecule has 0 aliphatic rings. The van der Waals surface area contributed by atoms with Crippen molar-refractivity contribution in [3.63, 3.8) is 0 Å². The molecule has 2 N–H and O–H groups in total. The minimum absolute atomic E-state index is 0.166. The van der Waals surface area contributed by atoms with Crippen molar-refractivity contribution in [3.8, 4) is 16.3 Å². The molecule has 2 aromatic heterocycles. The van der Waals surface area contributed by atoms with Gasteiger partial charge in [0, 0.05) is 52.5 Å². The molecule has 2 heterocycles. The van der Waals surface area contributed by atoms with Crippen molar-refractivity contribution in [2.75, 3.05) is 11.9 Å². The molecule has 3 aromatic carbocycles. The first-order valence-corrected chi connectivity index (χ1v) is 14.1. The largest absolute Gasteiger partial charge is 0.493 e. The normalized spacial score (nSPS) is 11.5. The first-order chi connectivity index (χ1) is 20.0. The summed E-state index contributed by atoms with van der Waals surface area (Å²) in [5.41, 5.74) is 4.36. The van der Waals surface area contributed by atoms with Gasteiger partial charge in [-0.3, -0.25) is 9.78 Å². The second-order valence-electron chi connectivity index (χ2n) is 9.48. The van der Waals surface area contributed by atoms with E-state index < -0.39 is 12.0 Å². The number of thiazole rings is 1. The number of nitrogens with zero attached hydrogens (tertiary/aromatic N) is 2. The Morgan fingerprint density at radius 3 is 2.37 bits per heavy atom. The molecule has 0 unspecified atom stereocenters. The number of carbonyl (C=O) groups is 2. The minimum Gasteiger partial charge on any atom is -0.493 e. The van der Waals surface area contributed by atoms with Crippen molar-refractivity contribution < 1.29 is 19.4 Å². The summed E-state index contributed by atoms with van der Waals surface area (Å²) in [6.07, 6.45) is 4.44. The molecule has 5 rings (SSSR count). The van der Waals surface area contributed by atoms with E-state index in [4.69, 9.17) is 9.72 Å². The van der Waals surface area contributed by atoms with Crippen molar-refractivity contribution in [2.45, 2.75) is 25.8 Å². The third-order valence-corrected chi connectivity index (χ3v) is 7.69. The fourth-order valence-corrected chi connectivity index (χ4v) is 5.41. The molecular formula is C33H29N3O4S. The molecule has 0 spiro atoms. The number of anilines is 1. The van der Waals surface area contributed by atoms with Gasteiger partial charge in [-0.05, 0) is 48.9 Å². The summed E-state index contributed by atoms with van der Waals surface area (Å²) in [5, 5.41) is 14.0. The van der Waals surface area contributed by atoms with Gasteiger partial charge in [0.25, 0.3) is 0 Å². The number of hydrogen-bond donors (Lipinski definition) is 2. The number of aryl methyl sites for hydroxylation is 1. The van der Waals surface area contributed by atoms with E-state index in [1.54, 1.807) is 72.3 Å². The van der Waals surface area contributed by atoms with Crippen LogP contribution in [-0.2, 0) is 17.6 Å². The van der Waals surface area contributed by atoms with Gasteiger partial charge < -0.3 is 15.2 Å². The Bertz CT molecular complexity index is 1620. The van der Waals surface area contributed by atoms with Gasteiger partial charge in [-0.25, -0.2) is 9.78 Å². The molecule has 0 saturated carbocycles. The lowest BCUT2D eigenvalue weighted by Gasteiger charge is -2.18. The minimum atomic E-state index is -1.00. The number of nitrogens with one attached hydrogen (secondary N) is 1. The number of ether oxygens (including phenoxy) is 1. The van der Waals surface area contributed by atoms with Gasteiger partial charge in [0.05, 0.1) is 12.3 Å². The Labute approximate surface area is 242 Å². The van der Waals surface area contributed by atoms with Crippen LogP contribution in [0.25, 0.3) is 10.6 Å². The average molecular weight is 564 g/mol. The second kappa shape index (κ2) is 13.0. The third-order valence-electron chi connectivity index (χ3n) is 6.63. The summed E-state index contributed by atoms with van der Waals surface area (Å²) < 4.78 is 5.95. The summed E-state index contributed by atoms with van der Waals surface area (Å²) in [4.78, 5) is 35.2. The molecule has 8 heteroatoms. The van der Waals surface area contributed by atoms with Crippen molar-refractivity contribution in [3.05, 3.63) is 131 Å². The molecule has 0 bridgehead atoms. The van der Waals surface area contributed by atoms with Gasteiger partial charge >= 0.3 is 5.97 Å². The molecular weight excluding hydrogens is 534 g/mol. The maximum Gasteiger partial charge on any atom is 0.326 e. The summed E-state index contributed by atoms with van der Waals surface area (Å²) in [6, 6.07) is 26.3. The highest BCUT2D eigenvalue weighted by atomic mass is 32.1. The van der Waals surface area contributed by atoms with Gasteiger partial charge in [-0.1, -0.05) is 54.6 Å². The number of hydrogen-bond acceptors (Lipinski definition) is 7. The molecule has 0 aliphatic heterocycles. The average Bonchev–Trinajstić information content (AvgIpc) is 3.38.